The second-order valence-electron chi connectivity index (χ2n) is 11.8. The molecule has 48 heavy (non-hydrogen) atoms. The molecule has 1 N–H and O–H groups in total. The van der Waals surface area contributed by atoms with Crippen LogP contribution in [-0.2, 0) is 0 Å². The van der Waals surface area contributed by atoms with Crippen LogP contribution in [0.1, 0.15) is 0 Å². The van der Waals surface area contributed by atoms with Crippen molar-refractivity contribution in [2.24, 2.45) is 0 Å². The third-order valence-electron chi connectivity index (χ3n) is 8.98. The molecule has 0 unspecified atom stereocenters. The van der Waals surface area contributed by atoms with Crippen LogP contribution in [0.4, 0.5) is 0 Å². The monoisotopic (exact) mass is 616 g/mol. The third kappa shape index (κ3) is 4.60. The molecule has 0 atom stereocenters. The molecule has 226 valence electrons. The van der Waals surface area contributed by atoms with Crippen LogP contribution in [0.15, 0.2) is 164 Å². The van der Waals surface area contributed by atoms with Crippen molar-refractivity contribution in [2.45, 2.75) is 0 Å². The molecule has 0 aliphatic rings. The Kier molecular flexibility index (Phi) is 6.54. The van der Waals surface area contributed by atoms with Crippen LogP contribution in [0.25, 0.3) is 83.3 Å². The average Bonchev–Trinajstić information content (AvgIpc) is 3.60. The molecular weight excluding hydrogens is 589 g/mol. The third-order valence-corrected chi connectivity index (χ3v) is 8.98. The van der Waals surface area contributed by atoms with E-state index in [1.54, 1.807) is 6.07 Å². The summed E-state index contributed by atoms with van der Waals surface area (Å²) in [5.41, 5.74) is 8.28. The van der Waals surface area contributed by atoms with E-state index in [1.165, 1.54) is 0 Å². The van der Waals surface area contributed by atoms with Gasteiger partial charge in [-0.25, -0.2) is 9.97 Å². The first-order chi connectivity index (χ1) is 23.7. The Bertz CT molecular complexity index is 2560. The van der Waals surface area contributed by atoms with Gasteiger partial charge in [-0.15, -0.1) is 0 Å². The van der Waals surface area contributed by atoms with Crippen LogP contribution in [-0.4, -0.2) is 24.6 Å². The lowest BCUT2D eigenvalue weighted by atomic mass is 9.95. The van der Waals surface area contributed by atoms with Crippen molar-refractivity contribution >= 4 is 32.4 Å². The number of nitrogens with zero attached hydrogens (tertiary/aromatic N) is 4. The van der Waals surface area contributed by atoms with Crippen molar-refractivity contribution in [1.29, 1.82) is 0 Å². The maximum absolute atomic E-state index is 10.9. The molecule has 5 heteroatoms. The Balaban J connectivity index is 1.37. The highest BCUT2D eigenvalue weighted by Gasteiger charge is 2.22. The Hall–Kier alpha value is -6.59. The second-order valence-corrected chi connectivity index (χ2v) is 11.8. The van der Waals surface area contributed by atoms with Gasteiger partial charge in [0.1, 0.15) is 17.1 Å². The number of phenols is 1. The Morgan fingerprint density at radius 1 is 0.500 bits per heavy atom. The van der Waals surface area contributed by atoms with Crippen molar-refractivity contribution < 1.29 is 5.11 Å². The van der Waals surface area contributed by atoms with E-state index >= 15 is 0 Å². The summed E-state index contributed by atoms with van der Waals surface area (Å²) in [6, 6.07) is 51.4. The maximum Gasteiger partial charge on any atom is 0.164 e. The lowest BCUT2D eigenvalue weighted by Gasteiger charge is -2.19. The first kappa shape index (κ1) is 27.7. The predicted octanol–water partition coefficient (Wildman–Crippen LogP) is 10.5. The van der Waals surface area contributed by atoms with E-state index in [0.717, 1.165) is 66.1 Å². The van der Waals surface area contributed by atoms with Crippen molar-refractivity contribution in [1.82, 2.24) is 19.5 Å². The smallest absolute Gasteiger partial charge is 0.164 e. The van der Waals surface area contributed by atoms with Crippen LogP contribution in [0.3, 0.4) is 0 Å². The molecule has 0 spiro atoms. The molecule has 0 saturated heterocycles. The quantitative estimate of drug-likeness (QED) is 0.195. The van der Waals surface area contributed by atoms with E-state index in [1.807, 2.05) is 72.9 Å². The molecule has 0 aliphatic heterocycles. The van der Waals surface area contributed by atoms with E-state index in [9.17, 15) is 5.11 Å². The summed E-state index contributed by atoms with van der Waals surface area (Å²) in [7, 11) is 0. The number of hydrogen-bond donors (Lipinski definition) is 1. The molecule has 0 amide bonds. The number of rotatable bonds is 5. The zero-order valence-corrected chi connectivity index (χ0v) is 25.8. The van der Waals surface area contributed by atoms with Gasteiger partial charge in [-0.3, -0.25) is 9.55 Å². The van der Waals surface area contributed by atoms with Crippen LogP contribution in [0, 0.1) is 0 Å². The van der Waals surface area contributed by atoms with Gasteiger partial charge in [0.2, 0.25) is 0 Å². The molecule has 9 rings (SSSR count). The molecule has 0 aliphatic carbocycles. The van der Waals surface area contributed by atoms with Gasteiger partial charge in [0, 0.05) is 39.7 Å². The molecule has 3 heterocycles. The number of aromatic hydroxyl groups is 1. The largest absolute Gasteiger partial charge is 0.507 e. The molecule has 5 nitrogen and oxygen atoms in total. The molecule has 0 saturated carbocycles. The van der Waals surface area contributed by atoms with Crippen LogP contribution in [0.5, 0.6) is 5.75 Å². The van der Waals surface area contributed by atoms with Gasteiger partial charge in [-0.2, -0.15) is 0 Å². The normalized spacial score (nSPS) is 11.4. The van der Waals surface area contributed by atoms with Crippen molar-refractivity contribution in [3.05, 3.63) is 164 Å². The standard InChI is InChI=1S/C43H28N4O/c48-38-20-9-16-31-21-22-32-23-24-36(45-40(32)39(31)38)37-27-47(43(46-37)41-33-17-8-7-15-30(33)25-26-44-41)42-34(28-11-3-1-4-12-28)18-10-19-35(42)29-13-5-2-6-14-29/h1-27,48H. The summed E-state index contributed by atoms with van der Waals surface area (Å²) >= 11 is 0. The predicted molar refractivity (Wildman–Crippen MR) is 195 cm³/mol. The Labute approximate surface area is 277 Å². The highest BCUT2D eigenvalue weighted by molar-refractivity contribution is 6.09. The minimum absolute atomic E-state index is 0.207. The molecule has 3 aromatic heterocycles. The average molecular weight is 617 g/mol. The van der Waals surface area contributed by atoms with Gasteiger partial charge in [0.05, 0.1) is 16.9 Å². The SMILES string of the molecule is Oc1cccc2ccc3ccc(-c4cn(-c5c(-c6ccccc6)cccc5-c5ccccc5)c(-c5nccc6ccccc56)n4)nc3c12. The Morgan fingerprint density at radius 3 is 1.92 bits per heavy atom. The number of imidazole rings is 1. The number of hydrogen-bond acceptors (Lipinski definition) is 4. The number of pyridine rings is 2. The van der Waals surface area contributed by atoms with Gasteiger partial charge in [-0.1, -0.05) is 133 Å². The van der Waals surface area contributed by atoms with Gasteiger partial charge in [0.15, 0.2) is 5.82 Å². The first-order valence-corrected chi connectivity index (χ1v) is 15.9. The summed E-state index contributed by atoms with van der Waals surface area (Å²) in [6.07, 6.45) is 3.92. The van der Waals surface area contributed by atoms with Gasteiger partial charge >= 0.3 is 0 Å². The number of phenolic OH excluding ortho intramolecular Hbond substituents is 1. The minimum Gasteiger partial charge on any atom is -0.507 e. The molecule has 6 aromatic carbocycles. The minimum atomic E-state index is 0.207. The van der Waals surface area contributed by atoms with Crippen molar-refractivity contribution in [3.63, 3.8) is 0 Å². The molecule has 9 aromatic rings. The number of benzene rings is 6. The summed E-state index contributed by atoms with van der Waals surface area (Å²) in [4.78, 5) is 15.4. The maximum atomic E-state index is 10.9. The zero-order valence-electron chi connectivity index (χ0n) is 25.8. The van der Waals surface area contributed by atoms with E-state index in [4.69, 9.17) is 15.0 Å². The molecule has 0 bridgehead atoms. The molecule has 0 fully saturated rings. The van der Waals surface area contributed by atoms with E-state index in [-0.39, 0.29) is 5.75 Å². The lowest BCUT2D eigenvalue weighted by molar-refractivity contribution is 0.482. The van der Waals surface area contributed by atoms with Gasteiger partial charge in [0.25, 0.3) is 0 Å². The topological polar surface area (TPSA) is 63.8 Å². The summed E-state index contributed by atoms with van der Waals surface area (Å²) in [5.74, 6) is 0.920. The highest BCUT2D eigenvalue weighted by atomic mass is 16.3. The van der Waals surface area contributed by atoms with Crippen LogP contribution < -0.4 is 0 Å². The number of para-hydroxylation sites is 1. The number of fused-ring (bicyclic) bond motifs is 4. The molecule has 0 radical (unpaired) electrons. The fourth-order valence-electron chi connectivity index (χ4n) is 6.72. The fraction of sp³-hybridized carbons (Fsp3) is 0. The zero-order chi connectivity index (χ0) is 32.0. The van der Waals surface area contributed by atoms with E-state index < -0.39 is 0 Å². The highest BCUT2D eigenvalue weighted by Crippen LogP contribution is 2.40. The molecular formula is C43H28N4O. The van der Waals surface area contributed by atoms with Crippen LogP contribution in [0.2, 0.25) is 0 Å². The van der Waals surface area contributed by atoms with Gasteiger partial charge in [-0.05, 0) is 40.1 Å². The summed E-state index contributed by atoms with van der Waals surface area (Å²) in [6.45, 7) is 0. The van der Waals surface area contributed by atoms with Crippen molar-refractivity contribution in [3.8, 4) is 56.6 Å². The first-order valence-electron chi connectivity index (χ1n) is 15.9. The van der Waals surface area contributed by atoms with Crippen molar-refractivity contribution in [2.75, 3.05) is 0 Å². The van der Waals surface area contributed by atoms with Gasteiger partial charge < -0.3 is 5.11 Å². The second kappa shape index (κ2) is 11.3. The lowest BCUT2D eigenvalue weighted by Crippen LogP contribution is -2.03. The van der Waals surface area contributed by atoms with E-state index in [2.05, 4.69) is 89.6 Å². The fourth-order valence-corrected chi connectivity index (χ4v) is 6.72. The number of aromatic nitrogens is 4. The van der Waals surface area contributed by atoms with Crippen LogP contribution >= 0.6 is 0 Å². The summed E-state index contributed by atoms with van der Waals surface area (Å²) < 4.78 is 2.18. The Morgan fingerprint density at radius 2 is 1.15 bits per heavy atom. The summed E-state index contributed by atoms with van der Waals surface area (Å²) in [5, 5.41) is 15.6. The van der Waals surface area contributed by atoms with E-state index in [0.29, 0.717) is 17.2 Å².